The molecule has 0 aromatic heterocycles. The summed E-state index contributed by atoms with van der Waals surface area (Å²) < 4.78 is 19.6. The van der Waals surface area contributed by atoms with Crippen LogP contribution >= 0.6 is 0 Å². The van der Waals surface area contributed by atoms with Crippen molar-refractivity contribution in [1.29, 1.82) is 0 Å². The molecule has 0 aliphatic carbocycles. The molecule has 0 radical (unpaired) electrons. The Hall–Kier alpha value is -2.36. The van der Waals surface area contributed by atoms with E-state index in [0.717, 1.165) is 22.4 Å². The molecule has 1 N–H and O–H groups in total. The van der Waals surface area contributed by atoms with Crippen molar-refractivity contribution >= 4 is 5.97 Å². The Morgan fingerprint density at radius 2 is 1.78 bits per heavy atom. The van der Waals surface area contributed by atoms with E-state index in [2.05, 4.69) is 0 Å². The zero-order valence-corrected chi connectivity index (χ0v) is 13.6. The molecule has 122 valence electrons. The number of rotatable bonds is 6. The Kier molecular flexibility index (Phi) is 5.37. The topological polar surface area (TPSA) is 46.5 Å². The molecule has 0 fully saturated rings. The molecule has 2 aromatic rings. The molecule has 0 bridgehead atoms. The van der Waals surface area contributed by atoms with Crippen LogP contribution in [-0.4, -0.2) is 17.7 Å². The molecule has 23 heavy (non-hydrogen) atoms. The monoisotopic (exact) mass is 316 g/mol. The third-order valence-corrected chi connectivity index (χ3v) is 3.84. The van der Waals surface area contributed by atoms with Crippen LogP contribution < -0.4 is 4.74 Å². The average Bonchev–Trinajstić information content (AvgIpc) is 2.46. The number of hydrogen-bond acceptors (Lipinski definition) is 2. The lowest BCUT2D eigenvalue weighted by atomic mass is 9.95. The normalized spacial score (nSPS) is 12.0. The van der Waals surface area contributed by atoms with Gasteiger partial charge >= 0.3 is 5.97 Å². The van der Waals surface area contributed by atoms with Gasteiger partial charge in [-0.3, -0.25) is 4.79 Å². The van der Waals surface area contributed by atoms with E-state index < -0.39 is 17.7 Å². The predicted molar refractivity (Wildman–Crippen MR) is 87.5 cm³/mol. The van der Waals surface area contributed by atoms with Gasteiger partial charge in [-0.1, -0.05) is 35.9 Å². The molecule has 1 unspecified atom stereocenters. The lowest BCUT2D eigenvalue weighted by molar-refractivity contribution is -0.139. The number of carbonyl (C=O) groups is 1. The number of aliphatic carboxylic acids is 1. The lowest BCUT2D eigenvalue weighted by Crippen LogP contribution is -2.16. The van der Waals surface area contributed by atoms with Crippen LogP contribution in [0, 0.1) is 26.6 Å². The molecule has 0 amide bonds. The molecular formula is C19H21FO3. The first-order valence-corrected chi connectivity index (χ1v) is 7.58. The third-order valence-electron chi connectivity index (χ3n) is 3.84. The third kappa shape index (κ3) is 4.09. The summed E-state index contributed by atoms with van der Waals surface area (Å²) in [7, 11) is 0. The number of aryl methyl sites for hydroxylation is 3. The number of carboxylic acids is 1. The molecular weight excluding hydrogens is 295 g/mol. The second kappa shape index (κ2) is 7.27. The Balaban J connectivity index is 2.10. The van der Waals surface area contributed by atoms with Crippen LogP contribution in [-0.2, 0) is 4.79 Å². The van der Waals surface area contributed by atoms with Crippen LogP contribution in [0.25, 0.3) is 0 Å². The first-order chi connectivity index (χ1) is 10.9. The summed E-state index contributed by atoms with van der Waals surface area (Å²) in [5, 5.41) is 9.37. The van der Waals surface area contributed by atoms with Gasteiger partial charge in [-0.2, -0.15) is 0 Å². The van der Waals surface area contributed by atoms with E-state index in [1.165, 1.54) is 12.1 Å². The van der Waals surface area contributed by atoms with Crippen LogP contribution in [0.15, 0.2) is 36.4 Å². The second-order valence-corrected chi connectivity index (χ2v) is 5.78. The second-order valence-electron chi connectivity index (χ2n) is 5.78. The van der Waals surface area contributed by atoms with Crippen molar-refractivity contribution in [3.05, 3.63) is 64.5 Å². The Bertz CT molecular complexity index is 687. The van der Waals surface area contributed by atoms with Crippen molar-refractivity contribution in [3.63, 3.8) is 0 Å². The SMILES string of the molecule is Cc1cc(C)c(OCCC(C(=O)O)c2ccccc2F)c(C)c1. The highest BCUT2D eigenvalue weighted by Gasteiger charge is 2.23. The van der Waals surface area contributed by atoms with Gasteiger partial charge in [0.05, 0.1) is 12.5 Å². The largest absolute Gasteiger partial charge is 0.493 e. The first kappa shape index (κ1) is 17.0. The van der Waals surface area contributed by atoms with Crippen molar-refractivity contribution in [3.8, 4) is 5.75 Å². The van der Waals surface area contributed by atoms with E-state index >= 15 is 0 Å². The standard InChI is InChI=1S/C19H21FO3/c1-12-10-13(2)18(14(3)11-12)23-9-8-16(19(21)22)15-6-4-5-7-17(15)20/h4-7,10-11,16H,8-9H2,1-3H3,(H,21,22). The van der Waals surface area contributed by atoms with Crippen LogP contribution in [0.2, 0.25) is 0 Å². The highest BCUT2D eigenvalue weighted by molar-refractivity contribution is 5.76. The molecule has 1 atom stereocenters. The molecule has 0 aliphatic rings. The molecule has 3 nitrogen and oxygen atoms in total. The minimum absolute atomic E-state index is 0.195. The zero-order valence-electron chi connectivity index (χ0n) is 13.6. The number of benzene rings is 2. The number of carboxylic acid groups (broad SMARTS) is 1. The maximum atomic E-state index is 13.8. The fourth-order valence-electron chi connectivity index (χ4n) is 2.84. The maximum Gasteiger partial charge on any atom is 0.311 e. The Morgan fingerprint density at radius 1 is 1.17 bits per heavy atom. The van der Waals surface area contributed by atoms with E-state index in [9.17, 15) is 14.3 Å². The van der Waals surface area contributed by atoms with E-state index in [1.807, 2.05) is 32.9 Å². The van der Waals surface area contributed by atoms with Gasteiger partial charge in [-0.05, 0) is 44.4 Å². The molecule has 0 saturated carbocycles. The van der Waals surface area contributed by atoms with Gasteiger partial charge in [0.25, 0.3) is 0 Å². The van der Waals surface area contributed by atoms with Gasteiger partial charge in [0.1, 0.15) is 11.6 Å². The molecule has 0 aliphatic heterocycles. The summed E-state index contributed by atoms with van der Waals surface area (Å²) in [6.07, 6.45) is 0.211. The number of hydrogen-bond donors (Lipinski definition) is 1. The van der Waals surface area contributed by atoms with E-state index in [-0.39, 0.29) is 18.6 Å². The summed E-state index contributed by atoms with van der Waals surface area (Å²) in [5.74, 6) is -1.69. The molecule has 0 heterocycles. The predicted octanol–water partition coefficient (Wildman–Crippen LogP) is 4.39. The van der Waals surface area contributed by atoms with Crippen LogP contribution in [0.3, 0.4) is 0 Å². The van der Waals surface area contributed by atoms with Crippen molar-refractivity contribution in [2.24, 2.45) is 0 Å². The summed E-state index contributed by atoms with van der Waals surface area (Å²) in [5.41, 5.74) is 3.38. The maximum absolute atomic E-state index is 13.8. The molecule has 0 saturated heterocycles. The summed E-state index contributed by atoms with van der Waals surface area (Å²) in [4.78, 5) is 11.5. The molecule has 0 spiro atoms. The van der Waals surface area contributed by atoms with Crippen molar-refractivity contribution in [2.75, 3.05) is 6.61 Å². The van der Waals surface area contributed by atoms with E-state index in [4.69, 9.17) is 4.74 Å². The van der Waals surface area contributed by atoms with Crippen molar-refractivity contribution in [2.45, 2.75) is 33.1 Å². The molecule has 2 aromatic carbocycles. The van der Waals surface area contributed by atoms with E-state index in [1.54, 1.807) is 12.1 Å². The smallest absolute Gasteiger partial charge is 0.311 e. The highest BCUT2D eigenvalue weighted by atomic mass is 19.1. The van der Waals surface area contributed by atoms with Crippen LogP contribution in [0.1, 0.15) is 34.6 Å². The van der Waals surface area contributed by atoms with Crippen molar-refractivity contribution < 1.29 is 19.0 Å². The molecule has 4 heteroatoms. The van der Waals surface area contributed by atoms with E-state index in [0.29, 0.717) is 0 Å². The van der Waals surface area contributed by atoms with Crippen LogP contribution in [0.4, 0.5) is 4.39 Å². The summed E-state index contributed by atoms with van der Waals surface area (Å²) in [6, 6.07) is 10.0. The Labute approximate surface area is 135 Å². The minimum Gasteiger partial charge on any atom is -0.493 e. The van der Waals surface area contributed by atoms with Gasteiger partial charge in [-0.15, -0.1) is 0 Å². The van der Waals surface area contributed by atoms with Gasteiger partial charge in [0, 0.05) is 5.56 Å². The zero-order chi connectivity index (χ0) is 17.0. The number of halogens is 1. The van der Waals surface area contributed by atoms with Gasteiger partial charge in [0.15, 0.2) is 0 Å². The van der Waals surface area contributed by atoms with Gasteiger partial charge in [-0.25, -0.2) is 4.39 Å². The van der Waals surface area contributed by atoms with Gasteiger partial charge < -0.3 is 9.84 Å². The Morgan fingerprint density at radius 3 is 2.35 bits per heavy atom. The number of ether oxygens (including phenoxy) is 1. The summed E-state index contributed by atoms with van der Waals surface area (Å²) >= 11 is 0. The lowest BCUT2D eigenvalue weighted by Gasteiger charge is -2.16. The van der Waals surface area contributed by atoms with Gasteiger partial charge in [0.2, 0.25) is 0 Å². The first-order valence-electron chi connectivity index (χ1n) is 7.58. The van der Waals surface area contributed by atoms with Crippen LogP contribution in [0.5, 0.6) is 5.75 Å². The minimum atomic E-state index is -1.05. The highest BCUT2D eigenvalue weighted by Crippen LogP contribution is 2.27. The fraction of sp³-hybridized carbons (Fsp3) is 0.316. The quantitative estimate of drug-likeness (QED) is 0.860. The fourth-order valence-corrected chi connectivity index (χ4v) is 2.84. The van der Waals surface area contributed by atoms with Crippen molar-refractivity contribution in [1.82, 2.24) is 0 Å². The molecule has 2 rings (SSSR count). The summed E-state index contributed by atoms with van der Waals surface area (Å²) in [6.45, 7) is 6.15. The average molecular weight is 316 g/mol.